The summed E-state index contributed by atoms with van der Waals surface area (Å²) in [6.07, 6.45) is 5.77. The van der Waals surface area contributed by atoms with E-state index in [0.717, 1.165) is 24.8 Å². The molecular weight excluding hydrogens is 446 g/mol. The molecule has 1 heterocycles. The van der Waals surface area contributed by atoms with Gasteiger partial charge in [0.1, 0.15) is 0 Å². The van der Waals surface area contributed by atoms with Gasteiger partial charge in [0.2, 0.25) is 15.9 Å². The lowest BCUT2D eigenvalue weighted by Gasteiger charge is -2.29. The Hall–Kier alpha value is -2.07. The lowest BCUT2D eigenvalue weighted by Crippen LogP contribution is -2.41. The number of hydrogen-bond donors (Lipinski definition) is 1. The summed E-state index contributed by atoms with van der Waals surface area (Å²) in [4.78, 5) is 12.5. The number of hydrogen-bond acceptors (Lipinski definition) is 6. The van der Waals surface area contributed by atoms with E-state index >= 15 is 0 Å². The van der Waals surface area contributed by atoms with E-state index < -0.39 is 10.0 Å². The maximum absolute atomic E-state index is 12.5. The number of thioether (sulfide) groups is 1. The molecule has 1 amide bonds. The van der Waals surface area contributed by atoms with Gasteiger partial charge in [0.15, 0.2) is 11.0 Å². The third-order valence-electron chi connectivity index (χ3n) is 5.91. The van der Waals surface area contributed by atoms with Crippen LogP contribution in [0.3, 0.4) is 0 Å². The number of anilines is 1. The van der Waals surface area contributed by atoms with Crippen LogP contribution in [0.15, 0.2) is 29.4 Å². The number of aryl methyl sites for hydroxylation is 1. The molecule has 2 aromatic rings. The van der Waals surface area contributed by atoms with E-state index in [0.29, 0.717) is 29.1 Å². The van der Waals surface area contributed by atoms with Gasteiger partial charge in [-0.05, 0) is 44.7 Å². The molecule has 1 saturated carbocycles. The minimum Gasteiger partial charge on any atom is -0.352 e. The van der Waals surface area contributed by atoms with Crippen molar-refractivity contribution in [3.8, 4) is 0 Å². The lowest BCUT2D eigenvalue weighted by atomic mass is 9.86. The van der Waals surface area contributed by atoms with Crippen molar-refractivity contribution in [3.05, 3.63) is 35.7 Å². The summed E-state index contributed by atoms with van der Waals surface area (Å²) in [6.45, 7) is 6.76. The Balaban J connectivity index is 1.69. The minimum absolute atomic E-state index is 0.00151. The van der Waals surface area contributed by atoms with Crippen molar-refractivity contribution < 1.29 is 13.2 Å². The molecule has 0 spiro atoms. The van der Waals surface area contributed by atoms with Crippen molar-refractivity contribution >= 4 is 33.4 Å². The summed E-state index contributed by atoms with van der Waals surface area (Å²) >= 11 is 1.33. The number of aromatic nitrogens is 3. The van der Waals surface area contributed by atoms with Gasteiger partial charge in [0, 0.05) is 12.6 Å². The predicted molar refractivity (Wildman–Crippen MR) is 128 cm³/mol. The molecule has 0 unspecified atom stereocenters. The van der Waals surface area contributed by atoms with Gasteiger partial charge in [-0.1, -0.05) is 49.2 Å². The Labute approximate surface area is 195 Å². The topological polar surface area (TPSA) is 97.2 Å². The van der Waals surface area contributed by atoms with Crippen molar-refractivity contribution in [2.45, 2.75) is 70.7 Å². The fourth-order valence-electron chi connectivity index (χ4n) is 4.01. The molecule has 0 saturated heterocycles. The van der Waals surface area contributed by atoms with Crippen LogP contribution in [0, 0.1) is 12.8 Å². The fourth-order valence-corrected chi connectivity index (χ4v) is 5.70. The van der Waals surface area contributed by atoms with Gasteiger partial charge in [0.25, 0.3) is 0 Å². The van der Waals surface area contributed by atoms with Crippen molar-refractivity contribution in [1.29, 1.82) is 0 Å². The van der Waals surface area contributed by atoms with E-state index in [1.54, 1.807) is 12.1 Å². The average molecular weight is 480 g/mol. The van der Waals surface area contributed by atoms with Crippen LogP contribution < -0.4 is 9.62 Å². The molecule has 1 aromatic heterocycles. The van der Waals surface area contributed by atoms with Crippen molar-refractivity contribution in [3.63, 3.8) is 0 Å². The standard InChI is InChI=1S/C22H33N5O3S2/c1-5-26-20(14-27(32(4,29)30)18-12-10-16(2)11-13-18)24-25-22(26)31-15-21(28)23-19-9-7-6-8-17(19)3/h10-13,17,19H,5-9,14-15H2,1-4H3,(H,23,28)/t17-,19-/m0/s1. The molecule has 1 aromatic carbocycles. The smallest absolute Gasteiger partial charge is 0.232 e. The summed E-state index contributed by atoms with van der Waals surface area (Å²) in [6, 6.07) is 7.58. The van der Waals surface area contributed by atoms with Crippen LogP contribution in [0.25, 0.3) is 0 Å². The molecule has 1 N–H and O–H groups in total. The van der Waals surface area contributed by atoms with Gasteiger partial charge >= 0.3 is 0 Å². The van der Waals surface area contributed by atoms with E-state index in [1.807, 2.05) is 30.5 Å². The first-order chi connectivity index (χ1) is 15.2. The largest absolute Gasteiger partial charge is 0.352 e. The Morgan fingerprint density at radius 1 is 1.22 bits per heavy atom. The highest BCUT2D eigenvalue weighted by Crippen LogP contribution is 2.25. The van der Waals surface area contributed by atoms with Gasteiger partial charge in [-0.2, -0.15) is 0 Å². The van der Waals surface area contributed by atoms with E-state index in [4.69, 9.17) is 0 Å². The minimum atomic E-state index is -3.51. The Bertz CT molecular complexity index is 1020. The van der Waals surface area contributed by atoms with E-state index in [9.17, 15) is 13.2 Å². The second-order valence-corrected chi connectivity index (χ2v) is 11.3. The zero-order valence-corrected chi connectivity index (χ0v) is 20.9. The fraction of sp³-hybridized carbons (Fsp3) is 0.591. The van der Waals surface area contributed by atoms with Crippen molar-refractivity contribution in [1.82, 2.24) is 20.1 Å². The van der Waals surface area contributed by atoms with Crippen LogP contribution in [0.1, 0.15) is 50.9 Å². The molecule has 2 atom stereocenters. The molecule has 1 aliphatic carbocycles. The summed E-state index contributed by atoms with van der Waals surface area (Å²) in [5, 5.41) is 12.3. The van der Waals surface area contributed by atoms with Crippen molar-refractivity contribution in [2.24, 2.45) is 5.92 Å². The molecule has 3 rings (SSSR count). The highest BCUT2D eigenvalue weighted by Gasteiger charge is 2.24. The van der Waals surface area contributed by atoms with E-state index in [1.165, 1.54) is 28.7 Å². The quantitative estimate of drug-likeness (QED) is 0.554. The summed E-state index contributed by atoms with van der Waals surface area (Å²) < 4.78 is 28.1. The van der Waals surface area contributed by atoms with Gasteiger partial charge in [-0.15, -0.1) is 10.2 Å². The molecule has 0 radical (unpaired) electrons. The predicted octanol–water partition coefficient (Wildman–Crippen LogP) is 3.36. The number of benzene rings is 1. The van der Waals surface area contributed by atoms with Crippen molar-refractivity contribution in [2.75, 3.05) is 16.3 Å². The molecule has 0 bridgehead atoms. The SMILES string of the molecule is CCn1c(CN(c2ccc(C)cc2)S(C)(=O)=O)nnc1SCC(=O)N[C@H]1CCCC[C@@H]1C. The van der Waals surface area contributed by atoms with E-state index in [2.05, 4.69) is 22.4 Å². The molecular formula is C22H33N5O3S2. The highest BCUT2D eigenvalue weighted by molar-refractivity contribution is 7.99. The molecule has 1 fully saturated rings. The molecule has 0 aliphatic heterocycles. The Kier molecular flexibility index (Phi) is 8.21. The summed E-state index contributed by atoms with van der Waals surface area (Å²) in [7, 11) is -3.51. The second-order valence-electron chi connectivity index (χ2n) is 8.47. The van der Waals surface area contributed by atoms with Crippen LogP contribution >= 0.6 is 11.8 Å². The molecule has 8 nitrogen and oxygen atoms in total. The maximum Gasteiger partial charge on any atom is 0.232 e. The average Bonchev–Trinajstić information content (AvgIpc) is 3.14. The first-order valence-electron chi connectivity index (χ1n) is 11.1. The van der Waals surface area contributed by atoms with Gasteiger partial charge in [-0.25, -0.2) is 8.42 Å². The van der Waals surface area contributed by atoms with Crippen LogP contribution in [-0.4, -0.2) is 47.1 Å². The second kappa shape index (κ2) is 10.7. The number of nitrogens with one attached hydrogen (secondary N) is 1. The zero-order chi connectivity index (χ0) is 23.3. The van der Waals surface area contributed by atoms with Crippen LogP contribution in [-0.2, 0) is 27.9 Å². The molecule has 32 heavy (non-hydrogen) atoms. The highest BCUT2D eigenvalue weighted by atomic mass is 32.2. The molecule has 176 valence electrons. The van der Waals surface area contributed by atoms with Crippen LogP contribution in [0.5, 0.6) is 0 Å². The summed E-state index contributed by atoms with van der Waals surface area (Å²) in [5.74, 6) is 1.31. The summed E-state index contributed by atoms with van der Waals surface area (Å²) in [5.41, 5.74) is 1.64. The number of sulfonamides is 1. The number of carbonyl (C=O) groups is 1. The van der Waals surface area contributed by atoms with E-state index in [-0.39, 0.29) is 24.2 Å². The normalized spacial score (nSPS) is 19.0. The molecule has 10 heteroatoms. The number of nitrogens with zero attached hydrogens (tertiary/aromatic N) is 4. The number of amides is 1. The first-order valence-corrected chi connectivity index (χ1v) is 13.9. The first kappa shape index (κ1) is 24.6. The van der Waals surface area contributed by atoms with Crippen LogP contribution in [0.4, 0.5) is 5.69 Å². The third kappa shape index (κ3) is 6.25. The maximum atomic E-state index is 12.5. The number of rotatable bonds is 9. The molecule has 1 aliphatic rings. The van der Waals surface area contributed by atoms with Gasteiger partial charge in [0.05, 0.1) is 24.2 Å². The third-order valence-corrected chi connectivity index (χ3v) is 8.01. The van der Waals surface area contributed by atoms with Gasteiger partial charge in [-0.3, -0.25) is 9.10 Å². The van der Waals surface area contributed by atoms with Crippen LogP contribution in [0.2, 0.25) is 0 Å². The lowest BCUT2D eigenvalue weighted by molar-refractivity contribution is -0.119. The Morgan fingerprint density at radius 3 is 2.53 bits per heavy atom. The van der Waals surface area contributed by atoms with Gasteiger partial charge < -0.3 is 9.88 Å². The zero-order valence-electron chi connectivity index (χ0n) is 19.2. The number of carbonyl (C=O) groups excluding carboxylic acids is 1. The monoisotopic (exact) mass is 479 g/mol. The Morgan fingerprint density at radius 2 is 1.91 bits per heavy atom.